The zero-order chi connectivity index (χ0) is 15.3. The van der Waals surface area contributed by atoms with Crippen LogP contribution in [0.5, 0.6) is 0 Å². The van der Waals surface area contributed by atoms with Gasteiger partial charge in [0.2, 0.25) is 11.8 Å². The van der Waals surface area contributed by atoms with Crippen molar-refractivity contribution < 1.29 is 19.5 Å². The Hall–Kier alpha value is -1.59. The van der Waals surface area contributed by atoms with Crippen molar-refractivity contribution in [2.45, 2.75) is 40.0 Å². The molecule has 1 saturated heterocycles. The topological polar surface area (TPSA) is 86.7 Å². The average molecular weight is 284 g/mol. The lowest BCUT2D eigenvalue weighted by molar-refractivity contribution is -0.145. The molecule has 0 aromatic carbocycles. The third-order valence-corrected chi connectivity index (χ3v) is 3.43. The highest BCUT2D eigenvalue weighted by atomic mass is 16.4. The van der Waals surface area contributed by atoms with E-state index in [-0.39, 0.29) is 24.8 Å². The van der Waals surface area contributed by atoms with Gasteiger partial charge in [-0.25, -0.2) is 0 Å². The number of carbonyl (C=O) groups is 3. The van der Waals surface area contributed by atoms with E-state index in [1.54, 1.807) is 4.90 Å². The van der Waals surface area contributed by atoms with Gasteiger partial charge in [-0.05, 0) is 12.8 Å². The molecule has 0 aromatic rings. The van der Waals surface area contributed by atoms with Crippen LogP contribution in [0, 0.1) is 11.3 Å². The number of nitrogens with one attached hydrogen (secondary N) is 1. The molecule has 6 heteroatoms. The lowest BCUT2D eigenvalue weighted by Crippen LogP contribution is -2.44. The fourth-order valence-electron chi connectivity index (χ4n) is 2.11. The Kier molecular flexibility index (Phi) is 5.53. The first-order valence-corrected chi connectivity index (χ1v) is 7.00. The first-order valence-electron chi connectivity index (χ1n) is 7.00. The molecule has 0 aromatic heterocycles. The Morgan fingerprint density at radius 3 is 2.50 bits per heavy atom. The van der Waals surface area contributed by atoms with Crippen LogP contribution >= 0.6 is 0 Å². The van der Waals surface area contributed by atoms with Gasteiger partial charge in [0, 0.05) is 31.5 Å². The first-order chi connectivity index (χ1) is 9.21. The lowest BCUT2D eigenvalue weighted by Gasteiger charge is -2.31. The molecule has 1 fully saturated rings. The van der Waals surface area contributed by atoms with E-state index in [1.807, 2.05) is 20.8 Å². The Labute approximate surface area is 119 Å². The second kappa shape index (κ2) is 6.72. The van der Waals surface area contributed by atoms with Crippen molar-refractivity contribution in [3.05, 3.63) is 0 Å². The highest BCUT2D eigenvalue weighted by Crippen LogP contribution is 2.17. The fourth-order valence-corrected chi connectivity index (χ4v) is 2.11. The summed E-state index contributed by atoms with van der Waals surface area (Å²) < 4.78 is 0. The number of aliphatic carboxylic acids is 1. The third-order valence-electron chi connectivity index (χ3n) is 3.43. The van der Waals surface area contributed by atoms with Gasteiger partial charge >= 0.3 is 5.97 Å². The molecule has 1 rings (SSSR count). The zero-order valence-electron chi connectivity index (χ0n) is 12.4. The summed E-state index contributed by atoms with van der Waals surface area (Å²) >= 11 is 0. The SMILES string of the molecule is CC(C)(C)C(=O)NCCC(=O)N1CCC[C@H](C(=O)O)C1. The van der Waals surface area contributed by atoms with Crippen molar-refractivity contribution in [3.8, 4) is 0 Å². The molecule has 1 aliphatic heterocycles. The van der Waals surface area contributed by atoms with Gasteiger partial charge in [0.25, 0.3) is 0 Å². The van der Waals surface area contributed by atoms with E-state index in [4.69, 9.17) is 5.11 Å². The van der Waals surface area contributed by atoms with Crippen LogP contribution in [0.25, 0.3) is 0 Å². The Bertz CT molecular complexity index is 387. The van der Waals surface area contributed by atoms with E-state index in [9.17, 15) is 14.4 Å². The van der Waals surface area contributed by atoms with Crippen molar-refractivity contribution in [2.24, 2.45) is 11.3 Å². The van der Waals surface area contributed by atoms with Crippen molar-refractivity contribution >= 4 is 17.8 Å². The molecule has 0 radical (unpaired) electrons. The van der Waals surface area contributed by atoms with Crippen molar-refractivity contribution in [1.82, 2.24) is 10.2 Å². The number of carboxylic acids is 1. The fraction of sp³-hybridized carbons (Fsp3) is 0.786. The Balaban J connectivity index is 2.36. The number of amides is 2. The van der Waals surface area contributed by atoms with E-state index < -0.39 is 17.3 Å². The van der Waals surface area contributed by atoms with Gasteiger partial charge in [-0.3, -0.25) is 14.4 Å². The number of hydrogen-bond acceptors (Lipinski definition) is 3. The van der Waals surface area contributed by atoms with Gasteiger partial charge in [-0.15, -0.1) is 0 Å². The molecule has 0 bridgehead atoms. The van der Waals surface area contributed by atoms with Crippen LogP contribution in [0.3, 0.4) is 0 Å². The van der Waals surface area contributed by atoms with Gasteiger partial charge in [0.05, 0.1) is 5.92 Å². The van der Waals surface area contributed by atoms with Crippen molar-refractivity contribution in [3.63, 3.8) is 0 Å². The molecule has 114 valence electrons. The summed E-state index contributed by atoms with van der Waals surface area (Å²) in [6.07, 6.45) is 1.56. The van der Waals surface area contributed by atoms with E-state index in [1.165, 1.54) is 0 Å². The minimum atomic E-state index is -0.844. The normalized spacial score (nSPS) is 19.6. The molecule has 20 heavy (non-hydrogen) atoms. The van der Waals surface area contributed by atoms with Crippen LogP contribution < -0.4 is 5.32 Å². The van der Waals surface area contributed by atoms with E-state index in [0.29, 0.717) is 19.5 Å². The summed E-state index contributed by atoms with van der Waals surface area (Å²) in [4.78, 5) is 36.2. The molecular weight excluding hydrogens is 260 g/mol. The molecule has 2 amide bonds. The third kappa shape index (κ3) is 4.83. The second-order valence-electron chi connectivity index (χ2n) is 6.27. The highest BCUT2D eigenvalue weighted by molar-refractivity contribution is 5.82. The number of hydrogen-bond donors (Lipinski definition) is 2. The van der Waals surface area contributed by atoms with Crippen molar-refractivity contribution in [2.75, 3.05) is 19.6 Å². The summed E-state index contributed by atoms with van der Waals surface area (Å²) in [6.45, 7) is 6.62. The Morgan fingerprint density at radius 2 is 1.95 bits per heavy atom. The number of rotatable bonds is 4. The van der Waals surface area contributed by atoms with Crippen LogP contribution in [0.4, 0.5) is 0 Å². The number of nitrogens with zero attached hydrogens (tertiary/aromatic N) is 1. The van der Waals surface area contributed by atoms with E-state index in [0.717, 1.165) is 6.42 Å². The summed E-state index contributed by atoms with van der Waals surface area (Å²) in [6, 6.07) is 0. The Morgan fingerprint density at radius 1 is 1.30 bits per heavy atom. The van der Waals surface area contributed by atoms with E-state index in [2.05, 4.69) is 5.32 Å². The molecule has 2 N–H and O–H groups in total. The predicted octanol–water partition coefficient (Wildman–Crippen LogP) is 0.862. The number of likely N-dealkylation sites (tertiary alicyclic amines) is 1. The quantitative estimate of drug-likeness (QED) is 0.801. The molecule has 1 atom stereocenters. The van der Waals surface area contributed by atoms with Gasteiger partial charge < -0.3 is 15.3 Å². The summed E-state index contributed by atoms with van der Waals surface area (Å²) in [5, 5.41) is 11.7. The highest BCUT2D eigenvalue weighted by Gasteiger charge is 2.28. The lowest BCUT2D eigenvalue weighted by atomic mass is 9.95. The largest absolute Gasteiger partial charge is 0.481 e. The molecule has 1 aliphatic rings. The van der Waals surface area contributed by atoms with Crippen LogP contribution in [0.15, 0.2) is 0 Å². The molecule has 0 saturated carbocycles. The number of carboxylic acid groups (broad SMARTS) is 1. The average Bonchev–Trinajstić information content (AvgIpc) is 2.37. The minimum Gasteiger partial charge on any atom is -0.481 e. The number of piperidine rings is 1. The molecule has 6 nitrogen and oxygen atoms in total. The monoisotopic (exact) mass is 284 g/mol. The maximum atomic E-state index is 12.0. The summed E-state index contributed by atoms with van der Waals surface area (Å²) in [7, 11) is 0. The van der Waals surface area contributed by atoms with Crippen LogP contribution in [-0.2, 0) is 14.4 Å². The minimum absolute atomic E-state index is 0.0904. The molecule has 1 heterocycles. The summed E-state index contributed by atoms with van der Waals surface area (Å²) in [5.41, 5.74) is -0.470. The predicted molar refractivity (Wildman–Crippen MR) is 74.0 cm³/mol. The maximum absolute atomic E-state index is 12.0. The molecule has 0 unspecified atom stereocenters. The standard InChI is InChI=1S/C14H24N2O4/c1-14(2,3)13(20)15-7-6-11(17)16-8-4-5-10(9-16)12(18)19/h10H,4-9H2,1-3H3,(H,15,20)(H,18,19)/t10-/m0/s1. The molecule has 0 aliphatic carbocycles. The number of carbonyl (C=O) groups excluding carboxylic acids is 2. The first kappa shape index (κ1) is 16.5. The van der Waals surface area contributed by atoms with Gasteiger partial charge in [-0.1, -0.05) is 20.8 Å². The zero-order valence-corrected chi connectivity index (χ0v) is 12.4. The maximum Gasteiger partial charge on any atom is 0.308 e. The van der Waals surface area contributed by atoms with Gasteiger partial charge in [0.15, 0.2) is 0 Å². The van der Waals surface area contributed by atoms with Gasteiger partial charge in [0.1, 0.15) is 0 Å². The molecular formula is C14H24N2O4. The van der Waals surface area contributed by atoms with Gasteiger partial charge in [-0.2, -0.15) is 0 Å². The van der Waals surface area contributed by atoms with Crippen molar-refractivity contribution in [1.29, 1.82) is 0 Å². The van der Waals surface area contributed by atoms with Crippen LogP contribution in [-0.4, -0.2) is 47.4 Å². The second-order valence-corrected chi connectivity index (χ2v) is 6.27. The molecule has 0 spiro atoms. The van der Waals surface area contributed by atoms with Crippen LogP contribution in [0.1, 0.15) is 40.0 Å². The van der Waals surface area contributed by atoms with Crippen LogP contribution in [0.2, 0.25) is 0 Å². The smallest absolute Gasteiger partial charge is 0.308 e. The summed E-state index contributed by atoms with van der Waals surface area (Å²) in [5.74, 6) is -1.49. The van der Waals surface area contributed by atoms with E-state index >= 15 is 0 Å².